The molecule has 0 bridgehead atoms. The predicted molar refractivity (Wildman–Crippen MR) is 70.4 cm³/mol. The van der Waals surface area contributed by atoms with Gasteiger partial charge in [-0.15, -0.1) is 11.6 Å². The van der Waals surface area contributed by atoms with E-state index in [0.29, 0.717) is 6.42 Å². The molecule has 1 saturated carbocycles. The molecule has 17 heavy (non-hydrogen) atoms. The first-order valence-electron chi connectivity index (χ1n) is 6.64. The molecule has 1 fully saturated rings. The Morgan fingerprint density at radius 2 is 2.06 bits per heavy atom. The zero-order valence-electron chi connectivity index (χ0n) is 10.8. The summed E-state index contributed by atoms with van der Waals surface area (Å²) in [6.07, 6.45) is 7.77. The molecule has 0 N–H and O–H groups in total. The topological polar surface area (TPSA) is 29.5 Å². The van der Waals surface area contributed by atoms with Crippen LogP contribution in [0.15, 0.2) is 0 Å². The third-order valence-electron chi connectivity index (χ3n) is 3.52. The number of hydrogen-bond acceptors (Lipinski definition) is 3. The molecule has 0 aromatic carbocycles. The van der Waals surface area contributed by atoms with Crippen LogP contribution in [0.3, 0.4) is 0 Å². The highest BCUT2D eigenvalue weighted by Crippen LogP contribution is 2.25. The molecular formula is C13H24ClNO2. The zero-order chi connectivity index (χ0) is 12.5. The van der Waals surface area contributed by atoms with Gasteiger partial charge in [-0.05, 0) is 32.2 Å². The fraction of sp³-hybridized carbons (Fsp3) is 0.923. The van der Waals surface area contributed by atoms with Gasteiger partial charge in [0.1, 0.15) is 0 Å². The average Bonchev–Trinajstić information content (AvgIpc) is 2.26. The van der Waals surface area contributed by atoms with Crippen molar-refractivity contribution in [2.45, 2.75) is 51.0 Å². The number of rotatable bonds is 9. The van der Waals surface area contributed by atoms with Gasteiger partial charge in [0.15, 0.2) is 0 Å². The summed E-state index contributed by atoms with van der Waals surface area (Å²) in [5.41, 5.74) is 0. The summed E-state index contributed by atoms with van der Waals surface area (Å²) in [6.45, 7) is 2.13. The van der Waals surface area contributed by atoms with Crippen molar-refractivity contribution in [3.63, 3.8) is 0 Å². The smallest absolute Gasteiger partial charge is 0.305 e. The van der Waals surface area contributed by atoms with Crippen molar-refractivity contribution in [3.8, 4) is 0 Å². The lowest BCUT2D eigenvalue weighted by molar-refractivity contribution is -0.140. The zero-order valence-corrected chi connectivity index (χ0v) is 11.5. The molecule has 0 aromatic heterocycles. The van der Waals surface area contributed by atoms with E-state index in [1.54, 1.807) is 0 Å². The second-order valence-electron chi connectivity index (χ2n) is 4.70. The van der Waals surface area contributed by atoms with Crippen LogP contribution in [0.2, 0.25) is 0 Å². The van der Waals surface area contributed by atoms with E-state index in [1.807, 2.05) is 0 Å². The summed E-state index contributed by atoms with van der Waals surface area (Å²) in [6, 6.07) is 0.773. The van der Waals surface area contributed by atoms with E-state index in [4.69, 9.17) is 11.6 Å². The number of ether oxygens (including phenoxy) is 1. The first-order valence-corrected chi connectivity index (χ1v) is 7.18. The van der Waals surface area contributed by atoms with E-state index in [2.05, 4.69) is 9.64 Å². The Labute approximate surface area is 109 Å². The molecule has 1 aliphatic carbocycles. The number of alkyl halides is 1. The number of halogens is 1. The van der Waals surface area contributed by atoms with Crippen LogP contribution >= 0.6 is 11.6 Å². The van der Waals surface area contributed by atoms with Gasteiger partial charge in [0, 0.05) is 24.9 Å². The molecule has 0 saturated heterocycles. The lowest BCUT2D eigenvalue weighted by Crippen LogP contribution is -2.41. The van der Waals surface area contributed by atoms with Crippen molar-refractivity contribution in [2.75, 3.05) is 26.1 Å². The van der Waals surface area contributed by atoms with Crippen molar-refractivity contribution in [1.82, 2.24) is 4.90 Å². The van der Waals surface area contributed by atoms with Gasteiger partial charge in [0.2, 0.25) is 0 Å². The maximum absolute atomic E-state index is 10.9. The summed E-state index contributed by atoms with van der Waals surface area (Å²) in [5, 5.41) is 0. The normalized spacial score (nSPS) is 15.9. The second kappa shape index (κ2) is 8.76. The van der Waals surface area contributed by atoms with E-state index < -0.39 is 0 Å². The third-order valence-corrected chi connectivity index (χ3v) is 3.69. The molecule has 0 amide bonds. The van der Waals surface area contributed by atoms with E-state index >= 15 is 0 Å². The van der Waals surface area contributed by atoms with Gasteiger partial charge in [-0.2, -0.15) is 0 Å². The molecule has 0 atom stereocenters. The fourth-order valence-corrected chi connectivity index (χ4v) is 2.42. The van der Waals surface area contributed by atoms with Crippen LogP contribution in [-0.4, -0.2) is 43.0 Å². The van der Waals surface area contributed by atoms with E-state index in [-0.39, 0.29) is 5.97 Å². The van der Waals surface area contributed by atoms with Crippen molar-refractivity contribution in [2.24, 2.45) is 0 Å². The highest BCUT2D eigenvalue weighted by molar-refractivity contribution is 6.18. The standard InChI is InChI=1S/C13H24ClNO2/c1-17-13(16)8-3-2-4-10-15(11-9-14)12-6-5-7-12/h12H,2-11H2,1H3. The minimum atomic E-state index is -0.0957. The molecule has 100 valence electrons. The Kier molecular flexibility index (Phi) is 7.62. The van der Waals surface area contributed by atoms with Gasteiger partial charge in [-0.3, -0.25) is 9.69 Å². The lowest BCUT2D eigenvalue weighted by atomic mass is 9.91. The molecule has 3 nitrogen and oxygen atoms in total. The number of hydrogen-bond donors (Lipinski definition) is 0. The van der Waals surface area contributed by atoms with Crippen LogP contribution in [-0.2, 0) is 9.53 Å². The van der Waals surface area contributed by atoms with Crippen LogP contribution in [0.4, 0.5) is 0 Å². The number of carbonyl (C=O) groups is 1. The molecule has 4 heteroatoms. The maximum atomic E-state index is 10.9. The first kappa shape index (κ1) is 14.8. The summed E-state index contributed by atoms with van der Waals surface area (Å²) < 4.78 is 4.61. The summed E-state index contributed by atoms with van der Waals surface area (Å²) in [7, 11) is 1.45. The minimum Gasteiger partial charge on any atom is -0.469 e. The number of methoxy groups -OCH3 is 1. The quantitative estimate of drug-likeness (QED) is 0.363. The largest absolute Gasteiger partial charge is 0.469 e. The number of unbranched alkanes of at least 4 members (excludes halogenated alkanes) is 2. The van der Waals surface area contributed by atoms with E-state index in [9.17, 15) is 4.79 Å². The lowest BCUT2D eigenvalue weighted by Gasteiger charge is -2.37. The Bertz CT molecular complexity index is 219. The summed E-state index contributed by atoms with van der Waals surface area (Å²) in [5.74, 6) is 0.625. The highest BCUT2D eigenvalue weighted by Gasteiger charge is 2.23. The molecule has 0 aliphatic heterocycles. The second-order valence-corrected chi connectivity index (χ2v) is 5.07. The Morgan fingerprint density at radius 3 is 2.59 bits per heavy atom. The number of nitrogens with zero attached hydrogens (tertiary/aromatic N) is 1. The van der Waals surface area contributed by atoms with E-state index in [1.165, 1.54) is 26.4 Å². The third kappa shape index (κ3) is 5.73. The van der Waals surface area contributed by atoms with Gasteiger partial charge in [0.05, 0.1) is 7.11 Å². The van der Waals surface area contributed by atoms with Crippen molar-refractivity contribution >= 4 is 17.6 Å². The van der Waals surface area contributed by atoms with Gasteiger partial charge >= 0.3 is 5.97 Å². The van der Waals surface area contributed by atoms with Crippen LogP contribution in [0.5, 0.6) is 0 Å². The molecule has 0 heterocycles. The van der Waals surface area contributed by atoms with Crippen LogP contribution in [0.1, 0.15) is 44.9 Å². The molecule has 0 radical (unpaired) electrons. The Balaban J connectivity index is 2.04. The van der Waals surface area contributed by atoms with Crippen molar-refractivity contribution < 1.29 is 9.53 Å². The molecule has 0 unspecified atom stereocenters. The number of carbonyl (C=O) groups excluding carboxylic acids is 1. The molecule has 1 rings (SSSR count). The Hall–Kier alpha value is -0.280. The average molecular weight is 262 g/mol. The van der Waals surface area contributed by atoms with Crippen molar-refractivity contribution in [1.29, 1.82) is 0 Å². The van der Waals surface area contributed by atoms with Crippen LogP contribution in [0.25, 0.3) is 0 Å². The van der Waals surface area contributed by atoms with Gasteiger partial charge in [-0.25, -0.2) is 0 Å². The predicted octanol–water partition coefficient (Wildman–Crippen LogP) is 2.81. The van der Waals surface area contributed by atoms with Gasteiger partial charge in [0.25, 0.3) is 0 Å². The highest BCUT2D eigenvalue weighted by atomic mass is 35.5. The molecule has 0 aromatic rings. The fourth-order valence-electron chi connectivity index (χ4n) is 2.20. The maximum Gasteiger partial charge on any atom is 0.305 e. The van der Waals surface area contributed by atoms with Crippen LogP contribution < -0.4 is 0 Å². The van der Waals surface area contributed by atoms with Gasteiger partial charge < -0.3 is 4.74 Å². The molecule has 0 spiro atoms. The van der Waals surface area contributed by atoms with Crippen LogP contribution in [0, 0.1) is 0 Å². The van der Waals surface area contributed by atoms with Crippen molar-refractivity contribution in [3.05, 3.63) is 0 Å². The summed E-state index contributed by atoms with van der Waals surface area (Å²) in [4.78, 5) is 13.4. The number of esters is 1. The Morgan fingerprint density at radius 1 is 1.29 bits per heavy atom. The minimum absolute atomic E-state index is 0.0957. The molecule has 1 aliphatic rings. The molecular weight excluding hydrogens is 238 g/mol. The van der Waals surface area contributed by atoms with Gasteiger partial charge in [-0.1, -0.05) is 12.8 Å². The monoisotopic (exact) mass is 261 g/mol. The SMILES string of the molecule is COC(=O)CCCCCN(CCCl)C1CCC1. The van der Waals surface area contributed by atoms with E-state index in [0.717, 1.165) is 44.3 Å². The summed E-state index contributed by atoms with van der Waals surface area (Å²) >= 11 is 5.82. The first-order chi connectivity index (χ1) is 8.27.